The van der Waals surface area contributed by atoms with Crippen LogP contribution in [0.5, 0.6) is 0 Å². The summed E-state index contributed by atoms with van der Waals surface area (Å²) >= 11 is 0. The molecular weight excluding hydrogens is 903 g/mol. The Kier molecular flexibility index (Phi) is 42.8. The zero-order valence-electron chi connectivity index (χ0n) is 45.6. The summed E-state index contributed by atoms with van der Waals surface area (Å²) in [5.41, 5.74) is 20.5. The van der Waals surface area contributed by atoms with Gasteiger partial charge in [0.25, 0.3) is 0 Å². The normalized spacial score (nSPS) is 10.7. The summed E-state index contributed by atoms with van der Waals surface area (Å²) in [4.78, 5) is 3.41. The Morgan fingerprint density at radius 3 is 1.24 bits per heavy atom. The van der Waals surface area contributed by atoms with E-state index in [-0.39, 0.29) is 16.5 Å². The van der Waals surface area contributed by atoms with Gasteiger partial charge in [-0.05, 0) is 71.9 Å². The van der Waals surface area contributed by atoms with Gasteiger partial charge in [0.05, 0.1) is 0 Å². The number of allylic oxidation sites excluding steroid dienone is 2. The van der Waals surface area contributed by atoms with Crippen molar-refractivity contribution in [1.29, 1.82) is 0 Å². The van der Waals surface area contributed by atoms with Crippen LogP contribution in [0.1, 0.15) is 241 Å². The maximum atomic E-state index is 9.75. The zero-order chi connectivity index (χ0) is 50.4. The largest absolute Gasteiger partial charge is 2.00 e. The summed E-state index contributed by atoms with van der Waals surface area (Å²) in [5.74, 6) is 9.81. The van der Waals surface area contributed by atoms with E-state index in [1.165, 1.54) is 187 Å². The smallest absolute Gasteiger partial charge is 0.348 e. The third-order valence-corrected chi connectivity index (χ3v) is 13.3. The molecule has 390 valence electrons. The molecule has 0 saturated heterocycles. The molecule has 0 fully saturated rings. The first-order valence-electron chi connectivity index (χ1n) is 28.6. The van der Waals surface area contributed by atoms with E-state index in [1.807, 2.05) is 36.4 Å². The minimum atomic E-state index is 0. The number of rotatable bonds is 34. The molecule has 0 aliphatic heterocycles. The van der Waals surface area contributed by atoms with Gasteiger partial charge in [0, 0.05) is 6.42 Å². The second-order valence-corrected chi connectivity index (χ2v) is 19.3. The van der Waals surface area contributed by atoms with Crippen LogP contribution in [0, 0.1) is 25.7 Å². The van der Waals surface area contributed by atoms with Crippen LogP contribution in [-0.4, -0.2) is 10.7 Å². The molecule has 3 heteroatoms. The van der Waals surface area contributed by atoms with Crippen molar-refractivity contribution in [1.82, 2.24) is 0 Å². The van der Waals surface area contributed by atoms with Crippen molar-refractivity contribution in [3.05, 3.63) is 173 Å². The summed E-state index contributed by atoms with van der Waals surface area (Å²) < 4.78 is 0. The Bertz CT molecular complexity index is 2000. The van der Waals surface area contributed by atoms with Gasteiger partial charge in [0.15, 0.2) is 5.57 Å². The molecule has 0 atom stereocenters. The van der Waals surface area contributed by atoms with Crippen molar-refractivity contribution < 1.29 is 21.3 Å². The number of hydrogen-bond donors (Lipinski definition) is 0. The molecule has 0 N–H and O–H groups in total. The minimum absolute atomic E-state index is 0. The molecule has 0 aromatic heterocycles. The summed E-state index contributed by atoms with van der Waals surface area (Å²) in [7, 11) is 0. The van der Waals surface area contributed by atoms with Crippen LogP contribution in [0.25, 0.3) is 11.1 Å². The van der Waals surface area contributed by atoms with Gasteiger partial charge < -0.3 is 19.4 Å². The molecule has 0 aliphatic carbocycles. The SMILES string of the molecule is CCCCCCCCCCCCCCCCCCCCCCCCC#CC(=C=[N+]=[N-])C(CCCC)=C(c1cccc(CC)c1)c1cccc(CCCC)c1.[CH2-]Cc1ccccc1.[CH2-]Cc1ccccc1.[Ni+2]. The van der Waals surface area contributed by atoms with Gasteiger partial charge >= 0.3 is 22.4 Å². The van der Waals surface area contributed by atoms with Crippen LogP contribution >= 0.6 is 0 Å². The zero-order valence-corrected chi connectivity index (χ0v) is 46.6. The quantitative estimate of drug-likeness (QED) is 0.00654. The molecule has 71 heavy (non-hydrogen) atoms. The first-order chi connectivity index (χ1) is 34.5. The third kappa shape index (κ3) is 32.5. The summed E-state index contributed by atoms with van der Waals surface area (Å²) in [6, 6.07) is 38.4. The summed E-state index contributed by atoms with van der Waals surface area (Å²) in [5, 5.41) is 0. The molecular formula is C68H98N2Ni. The van der Waals surface area contributed by atoms with Gasteiger partial charge in [-0.3, -0.25) is 0 Å². The Hall–Kier alpha value is -4.17. The fourth-order valence-electron chi connectivity index (χ4n) is 8.94. The Morgan fingerprint density at radius 1 is 0.451 bits per heavy atom. The number of nitrogens with zero attached hydrogens (tertiary/aromatic N) is 2. The maximum absolute atomic E-state index is 9.75. The fraction of sp³-hybridized carbons (Fsp3) is 0.529. The Balaban J connectivity index is 0.00000124. The molecule has 0 aliphatic rings. The van der Waals surface area contributed by atoms with Crippen LogP contribution < -0.4 is 0 Å². The maximum Gasteiger partial charge on any atom is 2.00 e. The predicted molar refractivity (Wildman–Crippen MR) is 309 cm³/mol. The van der Waals surface area contributed by atoms with Crippen molar-refractivity contribution >= 4 is 11.4 Å². The fourth-order valence-corrected chi connectivity index (χ4v) is 8.94. The standard InChI is InChI=1S/C52H80N2.2C8H9.Ni/c1-5-9-12-13-14-15-16-17-18-19-20-21-22-23-24-25-26-27-28-29-30-31-32-33-39-50(45-54-53)51(42-11-7-3)52(48-40-34-37-46(8-4)43-48)49-41-35-38-47(44-49)36-10-6-2;2*1-2-8-6-4-3-5-7-8;/h34-35,37-38,40-41,43-44H,5-32,36,42H2,1-4H3;2*3-7H,1-2H2;/q;2*-1;+2. The summed E-state index contributed by atoms with van der Waals surface area (Å²) in [6.07, 6.45) is 40.9. The van der Waals surface area contributed by atoms with E-state index in [2.05, 4.69) is 137 Å². The van der Waals surface area contributed by atoms with Crippen molar-refractivity contribution in [2.75, 3.05) is 0 Å². The molecule has 0 radical (unpaired) electrons. The predicted octanol–water partition coefficient (Wildman–Crippen LogP) is 20.5. The average molecular weight is 1000 g/mol. The van der Waals surface area contributed by atoms with Crippen LogP contribution in [-0.2, 0) is 42.2 Å². The van der Waals surface area contributed by atoms with Crippen LogP contribution in [0.15, 0.2) is 120 Å². The first kappa shape index (κ1) is 64.8. The van der Waals surface area contributed by atoms with Crippen LogP contribution in [0.3, 0.4) is 0 Å². The second-order valence-electron chi connectivity index (χ2n) is 19.3. The molecule has 0 heterocycles. The van der Waals surface area contributed by atoms with E-state index in [1.54, 1.807) is 0 Å². The number of aryl methyl sites for hydroxylation is 2. The molecule has 0 unspecified atom stereocenters. The van der Waals surface area contributed by atoms with E-state index in [4.69, 9.17) is 0 Å². The monoisotopic (exact) mass is 1000 g/mol. The van der Waals surface area contributed by atoms with Gasteiger partial charge in [-0.2, -0.15) is 12.8 Å². The molecule has 0 spiro atoms. The van der Waals surface area contributed by atoms with E-state index < -0.39 is 0 Å². The molecule has 0 bridgehead atoms. The number of unbranched alkanes of at least 4 members (excludes halogenated alkanes) is 24. The Labute approximate surface area is 448 Å². The molecule has 4 rings (SSSR count). The van der Waals surface area contributed by atoms with E-state index >= 15 is 0 Å². The van der Waals surface area contributed by atoms with Crippen molar-refractivity contribution in [2.24, 2.45) is 0 Å². The topological polar surface area (TPSA) is 36.4 Å². The molecule has 0 saturated carbocycles. The van der Waals surface area contributed by atoms with Gasteiger partial charge in [-0.15, -0.1) is 4.79 Å². The van der Waals surface area contributed by atoms with Gasteiger partial charge in [0.1, 0.15) is 0 Å². The van der Waals surface area contributed by atoms with Gasteiger partial charge in [-0.1, -0.05) is 308 Å². The first-order valence-corrected chi connectivity index (χ1v) is 28.6. The van der Waals surface area contributed by atoms with E-state index in [0.717, 1.165) is 68.9 Å². The van der Waals surface area contributed by atoms with Gasteiger partial charge in [-0.25, -0.2) is 0 Å². The molecule has 2 nitrogen and oxygen atoms in total. The summed E-state index contributed by atoms with van der Waals surface area (Å²) in [6.45, 7) is 16.5. The number of benzene rings is 4. The molecule has 4 aromatic rings. The minimum Gasteiger partial charge on any atom is -0.348 e. The van der Waals surface area contributed by atoms with Crippen LogP contribution in [0.4, 0.5) is 0 Å². The van der Waals surface area contributed by atoms with E-state index in [9.17, 15) is 5.53 Å². The average Bonchev–Trinajstić information content (AvgIpc) is 3.41. The Morgan fingerprint density at radius 2 is 0.845 bits per heavy atom. The van der Waals surface area contributed by atoms with Crippen LogP contribution in [0.2, 0.25) is 0 Å². The number of hydrogen-bond acceptors (Lipinski definition) is 0. The molecule has 4 aromatic carbocycles. The van der Waals surface area contributed by atoms with Crippen molar-refractivity contribution in [2.45, 2.75) is 233 Å². The third-order valence-electron chi connectivity index (χ3n) is 13.3. The second kappa shape index (κ2) is 46.9. The molecule has 0 amide bonds. The van der Waals surface area contributed by atoms with Crippen molar-refractivity contribution in [3.63, 3.8) is 0 Å². The van der Waals surface area contributed by atoms with Crippen molar-refractivity contribution in [3.8, 4) is 11.8 Å². The van der Waals surface area contributed by atoms with Gasteiger partial charge in [0.2, 0.25) is 0 Å². The van der Waals surface area contributed by atoms with E-state index in [0.29, 0.717) is 0 Å².